The van der Waals surface area contributed by atoms with Gasteiger partial charge in [0.25, 0.3) is 0 Å². The van der Waals surface area contributed by atoms with Gasteiger partial charge in [-0.3, -0.25) is 0 Å². The van der Waals surface area contributed by atoms with E-state index in [-0.39, 0.29) is 0 Å². The molecule has 0 saturated heterocycles. The lowest BCUT2D eigenvalue weighted by molar-refractivity contribution is 1.27. The molecule has 0 unspecified atom stereocenters. The van der Waals surface area contributed by atoms with E-state index in [1.54, 1.807) is 0 Å². The lowest BCUT2D eigenvalue weighted by atomic mass is 9.88. The summed E-state index contributed by atoms with van der Waals surface area (Å²) >= 11 is 0. The quantitative estimate of drug-likeness (QED) is 0.248. The highest BCUT2D eigenvalue weighted by Crippen LogP contribution is 2.48. The first-order chi connectivity index (χ1) is 18.3. The molecule has 0 bridgehead atoms. The lowest BCUT2D eigenvalue weighted by Gasteiger charge is -2.35. The smallest absolute Gasteiger partial charge is 0.0540 e. The van der Waals surface area contributed by atoms with E-state index in [0.29, 0.717) is 0 Å². The Morgan fingerprint density at radius 2 is 0.946 bits per heavy atom. The van der Waals surface area contributed by atoms with Gasteiger partial charge in [-0.05, 0) is 75.0 Å². The zero-order valence-electron chi connectivity index (χ0n) is 20.4. The number of anilines is 2. The molecule has 1 aliphatic rings. The number of nitrogens with zero attached hydrogens (tertiary/aromatic N) is 1. The summed E-state index contributed by atoms with van der Waals surface area (Å²) in [7, 11) is 0. The molecule has 0 saturated carbocycles. The third-order valence-electron chi connectivity index (χ3n) is 7.33. The van der Waals surface area contributed by atoms with Gasteiger partial charge in [-0.2, -0.15) is 0 Å². The number of hydrogen-bond acceptors (Lipinski definition) is 1. The summed E-state index contributed by atoms with van der Waals surface area (Å²) in [6.07, 6.45) is 0. The van der Waals surface area contributed by atoms with E-state index >= 15 is 0 Å². The monoisotopic (exact) mass is 471 g/mol. The fraction of sp³-hybridized carbons (Fsp3) is 0. The minimum Gasteiger partial charge on any atom is -0.310 e. The highest BCUT2D eigenvalue weighted by Gasteiger charge is 2.26. The van der Waals surface area contributed by atoms with Gasteiger partial charge in [0.2, 0.25) is 0 Å². The van der Waals surface area contributed by atoms with Gasteiger partial charge in [-0.25, -0.2) is 0 Å². The van der Waals surface area contributed by atoms with E-state index in [2.05, 4.69) is 151 Å². The molecule has 1 heterocycles. The molecule has 1 heteroatoms. The Hall–Kier alpha value is -4.88. The van der Waals surface area contributed by atoms with Gasteiger partial charge in [-0.1, -0.05) is 110 Å². The second kappa shape index (κ2) is 8.65. The Balaban J connectivity index is 1.34. The molecular weight excluding hydrogens is 446 g/mol. The summed E-state index contributed by atoms with van der Waals surface area (Å²) in [6, 6.07) is 49.9. The van der Waals surface area contributed by atoms with Crippen LogP contribution in [0.2, 0.25) is 0 Å². The third kappa shape index (κ3) is 3.64. The Morgan fingerprint density at radius 3 is 1.65 bits per heavy atom. The molecule has 0 aromatic heterocycles. The Bertz CT molecular complexity index is 1780. The van der Waals surface area contributed by atoms with Crippen LogP contribution >= 0.6 is 0 Å². The molecule has 0 atom stereocenters. The molecule has 1 nitrogen and oxygen atoms in total. The molecular formula is C36H25N. The zero-order chi connectivity index (χ0) is 24.8. The van der Waals surface area contributed by atoms with Crippen molar-refractivity contribution in [2.24, 2.45) is 0 Å². The summed E-state index contributed by atoms with van der Waals surface area (Å²) < 4.78 is 0. The van der Waals surface area contributed by atoms with Crippen LogP contribution < -0.4 is 4.90 Å². The lowest BCUT2D eigenvalue weighted by Crippen LogP contribution is -2.19. The van der Waals surface area contributed by atoms with Crippen LogP contribution in [0.5, 0.6) is 0 Å². The van der Waals surface area contributed by atoms with Crippen LogP contribution in [0.4, 0.5) is 11.4 Å². The Morgan fingerprint density at radius 1 is 0.405 bits per heavy atom. The van der Waals surface area contributed by atoms with E-state index in [4.69, 9.17) is 0 Å². The van der Waals surface area contributed by atoms with Gasteiger partial charge in [0, 0.05) is 22.5 Å². The standard InChI is InChI=1S/C36H25N/c1-25-33-14-8-9-15-34(33)35-24-31(20-21-36(35)37(25)32-12-6-3-7-13-32)30-19-18-28-22-27(16-17-29(28)23-30)26-10-4-2-5-11-26/h2-24H,1H2. The Labute approximate surface area is 217 Å². The molecule has 37 heavy (non-hydrogen) atoms. The summed E-state index contributed by atoms with van der Waals surface area (Å²) in [5.74, 6) is 0. The Kier molecular flexibility index (Phi) is 5.01. The summed E-state index contributed by atoms with van der Waals surface area (Å²) in [4.78, 5) is 2.27. The van der Waals surface area contributed by atoms with Crippen molar-refractivity contribution in [1.82, 2.24) is 0 Å². The third-order valence-corrected chi connectivity index (χ3v) is 7.33. The topological polar surface area (TPSA) is 3.24 Å². The van der Waals surface area contributed by atoms with Gasteiger partial charge in [0.1, 0.15) is 0 Å². The number of rotatable bonds is 3. The molecule has 0 fully saturated rings. The minimum atomic E-state index is 1.00. The molecule has 0 radical (unpaired) electrons. The van der Waals surface area contributed by atoms with E-state index < -0.39 is 0 Å². The molecule has 0 spiro atoms. The summed E-state index contributed by atoms with van der Waals surface area (Å²) in [6.45, 7) is 4.48. The van der Waals surface area contributed by atoms with Crippen molar-refractivity contribution in [3.05, 3.63) is 152 Å². The van der Waals surface area contributed by atoms with Gasteiger partial charge >= 0.3 is 0 Å². The van der Waals surface area contributed by atoms with Crippen molar-refractivity contribution in [2.75, 3.05) is 4.90 Å². The van der Waals surface area contributed by atoms with Gasteiger partial charge < -0.3 is 4.90 Å². The number of fused-ring (bicyclic) bond motifs is 4. The molecule has 6 aromatic carbocycles. The number of hydrogen-bond donors (Lipinski definition) is 0. The van der Waals surface area contributed by atoms with Crippen molar-refractivity contribution in [1.29, 1.82) is 0 Å². The van der Waals surface area contributed by atoms with Crippen LogP contribution in [0.25, 0.3) is 49.9 Å². The van der Waals surface area contributed by atoms with E-state index in [1.807, 2.05) is 0 Å². The highest BCUT2D eigenvalue weighted by molar-refractivity contribution is 6.03. The molecule has 0 N–H and O–H groups in total. The fourth-order valence-electron chi connectivity index (χ4n) is 5.47. The average Bonchev–Trinajstić information content (AvgIpc) is 2.98. The predicted molar refractivity (Wildman–Crippen MR) is 158 cm³/mol. The molecule has 6 aromatic rings. The number of para-hydroxylation sites is 1. The zero-order valence-corrected chi connectivity index (χ0v) is 20.4. The first kappa shape index (κ1) is 21.4. The van der Waals surface area contributed by atoms with E-state index in [9.17, 15) is 0 Å². The largest absolute Gasteiger partial charge is 0.310 e. The fourth-order valence-corrected chi connectivity index (χ4v) is 5.47. The molecule has 0 amide bonds. The predicted octanol–water partition coefficient (Wildman–Crippen LogP) is 9.96. The van der Waals surface area contributed by atoms with E-state index in [1.165, 1.54) is 49.7 Å². The summed E-state index contributed by atoms with van der Waals surface area (Å²) in [5.41, 5.74) is 11.8. The molecule has 1 aliphatic heterocycles. The van der Waals surface area contributed by atoms with Crippen molar-refractivity contribution in [2.45, 2.75) is 0 Å². The van der Waals surface area contributed by atoms with Crippen LogP contribution in [-0.4, -0.2) is 0 Å². The molecule has 174 valence electrons. The molecule has 0 aliphatic carbocycles. The van der Waals surface area contributed by atoms with Crippen molar-refractivity contribution < 1.29 is 0 Å². The molecule has 7 rings (SSSR count). The van der Waals surface area contributed by atoms with Crippen LogP contribution in [0, 0.1) is 0 Å². The number of benzene rings is 6. The minimum absolute atomic E-state index is 1.00. The van der Waals surface area contributed by atoms with E-state index in [0.717, 1.165) is 17.1 Å². The summed E-state index contributed by atoms with van der Waals surface area (Å²) in [5, 5.41) is 2.49. The van der Waals surface area contributed by atoms with Crippen LogP contribution in [0.15, 0.2) is 146 Å². The maximum atomic E-state index is 4.48. The first-order valence-corrected chi connectivity index (χ1v) is 12.6. The SMILES string of the molecule is C=C1c2ccccc2-c2cc(-c3ccc4cc(-c5ccccc5)ccc4c3)ccc2N1c1ccccc1. The van der Waals surface area contributed by atoms with Gasteiger partial charge in [-0.15, -0.1) is 0 Å². The average molecular weight is 472 g/mol. The maximum Gasteiger partial charge on any atom is 0.0540 e. The second-order valence-electron chi connectivity index (χ2n) is 9.54. The van der Waals surface area contributed by atoms with Crippen molar-refractivity contribution >= 4 is 27.8 Å². The van der Waals surface area contributed by atoms with Crippen molar-refractivity contribution in [3.8, 4) is 33.4 Å². The second-order valence-corrected chi connectivity index (χ2v) is 9.54. The van der Waals surface area contributed by atoms with Crippen LogP contribution in [-0.2, 0) is 0 Å². The van der Waals surface area contributed by atoms with Crippen molar-refractivity contribution in [3.63, 3.8) is 0 Å². The van der Waals surface area contributed by atoms with Crippen LogP contribution in [0.3, 0.4) is 0 Å². The van der Waals surface area contributed by atoms with Crippen LogP contribution in [0.1, 0.15) is 5.56 Å². The van der Waals surface area contributed by atoms with Gasteiger partial charge in [0.15, 0.2) is 0 Å². The first-order valence-electron chi connectivity index (χ1n) is 12.6. The van der Waals surface area contributed by atoms with Gasteiger partial charge in [0.05, 0.1) is 5.69 Å². The highest BCUT2D eigenvalue weighted by atomic mass is 15.2. The maximum absolute atomic E-state index is 4.48. The normalized spacial score (nSPS) is 12.3.